The lowest BCUT2D eigenvalue weighted by molar-refractivity contribution is 0.124. The molecule has 2 heterocycles. The van der Waals surface area contributed by atoms with E-state index >= 15 is 0 Å². The molecule has 0 saturated carbocycles. The molecule has 3 nitrogen and oxygen atoms in total. The molecule has 4 rings (SSSR count). The van der Waals surface area contributed by atoms with Crippen LogP contribution in [-0.4, -0.2) is 36.6 Å². The maximum Gasteiger partial charge on any atom is 0.0669 e. The zero-order valence-corrected chi connectivity index (χ0v) is 13.8. The molecule has 2 fully saturated rings. The van der Waals surface area contributed by atoms with E-state index in [0.29, 0.717) is 18.0 Å². The smallest absolute Gasteiger partial charge is 0.0669 e. The third-order valence-electron chi connectivity index (χ3n) is 5.50. The number of hydrogen-bond acceptors (Lipinski definition) is 3. The number of piperazine rings is 1. The SMILES string of the molecule is N#C[C@H]1C[C@H]2CNC[C@@H](C(c3ccccc3)c3ccccc3)N2C1. The number of nitrogens with one attached hydrogen (secondary N) is 1. The molecule has 0 radical (unpaired) electrons. The molecule has 0 bridgehead atoms. The first-order valence-electron chi connectivity index (χ1n) is 8.83. The van der Waals surface area contributed by atoms with E-state index in [9.17, 15) is 5.26 Å². The van der Waals surface area contributed by atoms with Crippen molar-refractivity contribution < 1.29 is 0 Å². The first-order valence-corrected chi connectivity index (χ1v) is 8.83. The van der Waals surface area contributed by atoms with Crippen LogP contribution in [0.25, 0.3) is 0 Å². The third-order valence-corrected chi connectivity index (χ3v) is 5.50. The van der Waals surface area contributed by atoms with Gasteiger partial charge in [-0.3, -0.25) is 4.90 Å². The highest BCUT2D eigenvalue weighted by molar-refractivity contribution is 5.35. The van der Waals surface area contributed by atoms with Gasteiger partial charge in [0.25, 0.3) is 0 Å². The van der Waals surface area contributed by atoms with Gasteiger partial charge in [-0.2, -0.15) is 5.26 Å². The molecule has 2 aromatic rings. The standard InChI is InChI=1S/C21H23N3/c22-12-16-11-19-13-23-14-20(24(19)15-16)21(17-7-3-1-4-8-17)18-9-5-2-6-10-18/h1-10,16,19-21,23H,11,13-15H2/t16-,19+,20+/m1/s1. The van der Waals surface area contributed by atoms with Crippen LogP contribution in [0.1, 0.15) is 23.5 Å². The van der Waals surface area contributed by atoms with Gasteiger partial charge in [-0.05, 0) is 17.5 Å². The Bertz CT molecular complexity index is 667. The average Bonchev–Trinajstić information content (AvgIpc) is 3.08. The second-order valence-corrected chi connectivity index (χ2v) is 6.94. The second-order valence-electron chi connectivity index (χ2n) is 6.94. The summed E-state index contributed by atoms with van der Waals surface area (Å²) in [5, 5.41) is 13.0. The molecule has 24 heavy (non-hydrogen) atoms. The molecule has 1 N–H and O–H groups in total. The van der Waals surface area contributed by atoms with Crippen molar-refractivity contribution in [2.24, 2.45) is 5.92 Å². The van der Waals surface area contributed by atoms with Gasteiger partial charge in [-0.25, -0.2) is 0 Å². The Hall–Kier alpha value is -2.15. The topological polar surface area (TPSA) is 39.1 Å². The maximum atomic E-state index is 9.37. The number of nitriles is 1. The highest BCUT2D eigenvalue weighted by Crippen LogP contribution is 2.36. The van der Waals surface area contributed by atoms with Crippen LogP contribution in [0.5, 0.6) is 0 Å². The Morgan fingerprint density at radius 2 is 1.58 bits per heavy atom. The summed E-state index contributed by atoms with van der Waals surface area (Å²) in [5.41, 5.74) is 2.72. The van der Waals surface area contributed by atoms with Crippen molar-refractivity contribution in [1.29, 1.82) is 5.26 Å². The fourth-order valence-corrected chi connectivity index (χ4v) is 4.42. The van der Waals surface area contributed by atoms with E-state index in [-0.39, 0.29) is 5.92 Å². The molecule has 3 atom stereocenters. The predicted octanol–water partition coefficient (Wildman–Crippen LogP) is 3.00. The lowest BCUT2D eigenvalue weighted by Gasteiger charge is -2.42. The molecule has 2 aliphatic rings. The van der Waals surface area contributed by atoms with Crippen LogP contribution in [-0.2, 0) is 0 Å². The summed E-state index contributed by atoms with van der Waals surface area (Å²) in [7, 11) is 0. The van der Waals surface area contributed by atoms with Gasteiger partial charge in [0.05, 0.1) is 12.0 Å². The van der Waals surface area contributed by atoms with Crippen LogP contribution in [0.4, 0.5) is 0 Å². The number of nitrogens with zero attached hydrogens (tertiary/aromatic N) is 2. The van der Waals surface area contributed by atoms with E-state index in [2.05, 4.69) is 76.9 Å². The quantitative estimate of drug-likeness (QED) is 0.946. The zero-order chi connectivity index (χ0) is 16.4. The minimum atomic E-state index is 0.171. The molecule has 0 aromatic heterocycles. The Morgan fingerprint density at radius 3 is 2.17 bits per heavy atom. The highest BCUT2D eigenvalue weighted by Gasteiger charge is 2.42. The van der Waals surface area contributed by atoms with Crippen LogP contribution in [0.15, 0.2) is 60.7 Å². The zero-order valence-electron chi connectivity index (χ0n) is 13.8. The number of hydrogen-bond donors (Lipinski definition) is 1. The maximum absolute atomic E-state index is 9.37. The summed E-state index contributed by atoms with van der Waals surface area (Å²) in [5.74, 6) is 0.504. The third kappa shape index (κ3) is 2.84. The average molecular weight is 317 g/mol. The molecule has 2 saturated heterocycles. The Kier molecular flexibility index (Phi) is 4.34. The first-order chi connectivity index (χ1) is 11.9. The normalized spacial score (nSPS) is 26.9. The van der Waals surface area contributed by atoms with Crippen LogP contribution in [0.2, 0.25) is 0 Å². The Balaban J connectivity index is 1.72. The Labute approximate surface area is 143 Å². The van der Waals surface area contributed by atoms with Crippen molar-refractivity contribution in [2.75, 3.05) is 19.6 Å². The predicted molar refractivity (Wildman–Crippen MR) is 95.6 cm³/mol. The van der Waals surface area contributed by atoms with Crippen LogP contribution in [0.3, 0.4) is 0 Å². The van der Waals surface area contributed by atoms with Gasteiger partial charge in [-0.15, -0.1) is 0 Å². The fraction of sp³-hybridized carbons (Fsp3) is 0.381. The van der Waals surface area contributed by atoms with Crippen molar-refractivity contribution in [2.45, 2.75) is 24.4 Å². The molecule has 0 amide bonds. The van der Waals surface area contributed by atoms with Crippen LogP contribution >= 0.6 is 0 Å². The van der Waals surface area contributed by atoms with Gasteiger partial charge in [0.1, 0.15) is 0 Å². The molecule has 2 aliphatic heterocycles. The van der Waals surface area contributed by atoms with E-state index < -0.39 is 0 Å². The van der Waals surface area contributed by atoms with E-state index in [4.69, 9.17) is 0 Å². The molecule has 0 spiro atoms. The summed E-state index contributed by atoms with van der Waals surface area (Å²) >= 11 is 0. The second kappa shape index (κ2) is 6.76. The van der Waals surface area contributed by atoms with Crippen LogP contribution in [0, 0.1) is 17.2 Å². The van der Waals surface area contributed by atoms with Crippen molar-refractivity contribution in [1.82, 2.24) is 10.2 Å². The van der Waals surface area contributed by atoms with Gasteiger partial charge in [0, 0.05) is 37.6 Å². The molecule has 122 valence electrons. The summed E-state index contributed by atoms with van der Waals surface area (Å²) in [6.45, 7) is 2.89. The number of benzene rings is 2. The molecule has 0 unspecified atom stereocenters. The fourth-order valence-electron chi connectivity index (χ4n) is 4.42. The van der Waals surface area contributed by atoms with Gasteiger partial charge in [-0.1, -0.05) is 60.7 Å². The summed E-state index contributed by atoms with van der Waals surface area (Å²) < 4.78 is 0. The van der Waals surface area contributed by atoms with Gasteiger partial charge in [0.15, 0.2) is 0 Å². The van der Waals surface area contributed by atoms with Crippen molar-refractivity contribution in [3.05, 3.63) is 71.8 Å². The van der Waals surface area contributed by atoms with Crippen molar-refractivity contribution >= 4 is 0 Å². The molecular weight excluding hydrogens is 294 g/mol. The van der Waals surface area contributed by atoms with E-state index in [1.165, 1.54) is 11.1 Å². The number of rotatable bonds is 3. The van der Waals surface area contributed by atoms with E-state index in [1.807, 2.05) is 0 Å². The number of fused-ring (bicyclic) bond motifs is 1. The summed E-state index contributed by atoms with van der Waals surface area (Å²) in [6.07, 6.45) is 0.996. The highest BCUT2D eigenvalue weighted by atomic mass is 15.3. The molecular formula is C21H23N3. The molecule has 0 aliphatic carbocycles. The van der Waals surface area contributed by atoms with Gasteiger partial charge in [0.2, 0.25) is 0 Å². The largest absolute Gasteiger partial charge is 0.314 e. The first kappa shape index (κ1) is 15.4. The molecule has 3 heteroatoms. The van der Waals surface area contributed by atoms with E-state index in [0.717, 1.165) is 26.1 Å². The lowest BCUT2D eigenvalue weighted by Crippen LogP contribution is -2.56. The minimum Gasteiger partial charge on any atom is -0.314 e. The minimum absolute atomic E-state index is 0.171. The van der Waals surface area contributed by atoms with Crippen molar-refractivity contribution in [3.8, 4) is 6.07 Å². The van der Waals surface area contributed by atoms with Gasteiger partial charge < -0.3 is 5.32 Å². The van der Waals surface area contributed by atoms with E-state index in [1.54, 1.807) is 0 Å². The summed E-state index contributed by atoms with van der Waals surface area (Å²) in [6, 6.07) is 25.0. The monoisotopic (exact) mass is 317 g/mol. The Morgan fingerprint density at radius 1 is 0.958 bits per heavy atom. The lowest BCUT2D eigenvalue weighted by atomic mass is 9.83. The van der Waals surface area contributed by atoms with Gasteiger partial charge >= 0.3 is 0 Å². The molecule has 2 aromatic carbocycles. The summed E-state index contributed by atoms with van der Waals surface area (Å²) in [4.78, 5) is 2.59. The van der Waals surface area contributed by atoms with Crippen LogP contribution < -0.4 is 5.32 Å². The van der Waals surface area contributed by atoms with Crippen molar-refractivity contribution in [3.63, 3.8) is 0 Å².